The molecule has 0 bridgehead atoms. The number of rotatable bonds is 4. The molecule has 4 nitrogen and oxygen atoms in total. The predicted molar refractivity (Wildman–Crippen MR) is 85.1 cm³/mol. The highest BCUT2D eigenvalue weighted by molar-refractivity contribution is 6.30. The number of hydrazine groups is 1. The van der Waals surface area contributed by atoms with Crippen molar-refractivity contribution in [3.8, 4) is 0 Å². The van der Waals surface area contributed by atoms with E-state index in [-0.39, 0.29) is 11.6 Å². The molecule has 0 aromatic heterocycles. The summed E-state index contributed by atoms with van der Waals surface area (Å²) in [5.74, 6) is 5.97. The molecule has 1 saturated carbocycles. The number of ether oxygens (including phenoxy) is 1. The van der Waals surface area contributed by atoms with Crippen molar-refractivity contribution in [2.45, 2.75) is 37.3 Å². The van der Waals surface area contributed by atoms with Crippen molar-refractivity contribution < 1.29 is 4.74 Å². The number of halogens is 1. The molecule has 1 aromatic carbocycles. The van der Waals surface area contributed by atoms with Crippen molar-refractivity contribution in [3.63, 3.8) is 0 Å². The van der Waals surface area contributed by atoms with Crippen LogP contribution in [0.25, 0.3) is 0 Å². The van der Waals surface area contributed by atoms with E-state index in [1.54, 1.807) is 0 Å². The van der Waals surface area contributed by atoms with Crippen LogP contribution >= 0.6 is 11.6 Å². The Labute approximate surface area is 131 Å². The molecule has 1 aliphatic carbocycles. The Bertz CT molecular complexity index is 453. The van der Waals surface area contributed by atoms with Crippen molar-refractivity contribution in [2.75, 3.05) is 26.3 Å². The fourth-order valence-corrected chi connectivity index (χ4v) is 4.13. The van der Waals surface area contributed by atoms with Crippen molar-refractivity contribution >= 4 is 11.6 Å². The van der Waals surface area contributed by atoms with Crippen LogP contribution in [0.5, 0.6) is 0 Å². The number of morpholine rings is 1. The lowest BCUT2D eigenvalue weighted by Gasteiger charge is -2.48. The second-order valence-corrected chi connectivity index (χ2v) is 6.50. The van der Waals surface area contributed by atoms with Crippen molar-refractivity contribution in [1.29, 1.82) is 0 Å². The second kappa shape index (κ2) is 6.63. The Morgan fingerprint density at radius 3 is 2.33 bits per heavy atom. The molecular weight excluding hydrogens is 286 g/mol. The zero-order valence-electron chi connectivity index (χ0n) is 12.4. The summed E-state index contributed by atoms with van der Waals surface area (Å²) in [7, 11) is 0. The van der Waals surface area contributed by atoms with E-state index in [2.05, 4.69) is 22.5 Å². The molecule has 1 atom stereocenters. The SMILES string of the molecule is NNC(c1ccc(Cl)cc1)C1(N2CCOCC2)CCCC1. The Morgan fingerprint density at radius 1 is 1.14 bits per heavy atom. The topological polar surface area (TPSA) is 50.5 Å². The minimum absolute atomic E-state index is 0.104. The number of hydrogen-bond acceptors (Lipinski definition) is 4. The molecule has 5 heteroatoms. The van der Waals surface area contributed by atoms with Crippen molar-refractivity contribution in [2.24, 2.45) is 5.84 Å². The average molecular weight is 310 g/mol. The van der Waals surface area contributed by atoms with E-state index in [0.717, 1.165) is 31.3 Å². The van der Waals surface area contributed by atoms with Crippen LogP contribution in [0.1, 0.15) is 37.3 Å². The van der Waals surface area contributed by atoms with Crippen LogP contribution in [0.3, 0.4) is 0 Å². The lowest BCUT2D eigenvalue weighted by molar-refractivity contribution is -0.0364. The van der Waals surface area contributed by atoms with Gasteiger partial charge in [0.1, 0.15) is 0 Å². The Morgan fingerprint density at radius 2 is 1.76 bits per heavy atom. The molecule has 1 aliphatic heterocycles. The quantitative estimate of drug-likeness (QED) is 0.663. The molecule has 0 radical (unpaired) electrons. The van der Waals surface area contributed by atoms with Gasteiger partial charge < -0.3 is 4.74 Å². The number of nitrogens with one attached hydrogen (secondary N) is 1. The van der Waals surface area contributed by atoms with E-state index < -0.39 is 0 Å². The minimum Gasteiger partial charge on any atom is -0.379 e. The molecule has 2 fully saturated rings. The van der Waals surface area contributed by atoms with Gasteiger partial charge in [0.15, 0.2) is 0 Å². The number of benzene rings is 1. The maximum absolute atomic E-state index is 6.02. The van der Waals surface area contributed by atoms with Gasteiger partial charge in [-0.15, -0.1) is 0 Å². The zero-order valence-corrected chi connectivity index (χ0v) is 13.1. The first-order chi connectivity index (χ1) is 10.3. The Balaban J connectivity index is 1.91. The normalized spacial score (nSPS) is 24.1. The van der Waals surface area contributed by atoms with E-state index in [0.29, 0.717) is 0 Å². The van der Waals surface area contributed by atoms with Gasteiger partial charge in [-0.05, 0) is 30.5 Å². The van der Waals surface area contributed by atoms with Crippen LogP contribution in [-0.4, -0.2) is 36.7 Å². The van der Waals surface area contributed by atoms with Gasteiger partial charge in [0, 0.05) is 23.7 Å². The molecule has 116 valence electrons. The van der Waals surface area contributed by atoms with E-state index in [1.165, 1.54) is 31.2 Å². The highest BCUT2D eigenvalue weighted by Crippen LogP contribution is 2.44. The Hall–Kier alpha value is -0.650. The summed E-state index contributed by atoms with van der Waals surface area (Å²) in [6, 6.07) is 8.21. The van der Waals surface area contributed by atoms with E-state index in [4.69, 9.17) is 22.2 Å². The highest BCUT2D eigenvalue weighted by atomic mass is 35.5. The summed E-state index contributed by atoms with van der Waals surface area (Å²) in [6.07, 6.45) is 4.90. The maximum atomic E-state index is 6.02. The van der Waals surface area contributed by atoms with E-state index in [1.807, 2.05) is 12.1 Å². The summed E-state index contributed by atoms with van der Waals surface area (Å²) in [6.45, 7) is 3.62. The number of nitrogens with zero attached hydrogens (tertiary/aromatic N) is 1. The van der Waals surface area contributed by atoms with Crippen LogP contribution in [0.15, 0.2) is 24.3 Å². The Kier molecular flexibility index (Phi) is 4.82. The first kappa shape index (κ1) is 15.3. The van der Waals surface area contributed by atoms with Gasteiger partial charge in [-0.1, -0.05) is 36.6 Å². The molecule has 0 spiro atoms. The zero-order chi connectivity index (χ0) is 14.7. The molecule has 3 N–H and O–H groups in total. The first-order valence-electron chi connectivity index (χ1n) is 7.81. The fourth-order valence-electron chi connectivity index (χ4n) is 4.00. The van der Waals surface area contributed by atoms with Gasteiger partial charge in [-0.3, -0.25) is 16.2 Å². The molecule has 1 unspecified atom stereocenters. The summed E-state index contributed by atoms with van der Waals surface area (Å²) in [5.41, 5.74) is 4.41. The largest absolute Gasteiger partial charge is 0.379 e. The molecule has 3 rings (SSSR count). The number of hydrogen-bond donors (Lipinski definition) is 2. The lowest BCUT2D eigenvalue weighted by Crippen LogP contribution is -2.59. The summed E-state index contributed by atoms with van der Waals surface area (Å²) in [5, 5.41) is 0.765. The third-order valence-corrected chi connectivity index (χ3v) is 5.27. The van der Waals surface area contributed by atoms with Gasteiger partial charge in [0.2, 0.25) is 0 Å². The van der Waals surface area contributed by atoms with Gasteiger partial charge >= 0.3 is 0 Å². The smallest absolute Gasteiger partial charge is 0.0644 e. The third-order valence-electron chi connectivity index (χ3n) is 5.02. The van der Waals surface area contributed by atoms with Crippen LogP contribution in [0, 0.1) is 0 Å². The van der Waals surface area contributed by atoms with Crippen LogP contribution in [0.2, 0.25) is 5.02 Å². The van der Waals surface area contributed by atoms with E-state index >= 15 is 0 Å². The summed E-state index contributed by atoms with van der Waals surface area (Å²) >= 11 is 6.02. The highest BCUT2D eigenvalue weighted by Gasteiger charge is 2.46. The van der Waals surface area contributed by atoms with Crippen LogP contribution < -0.4 is 11.3 Å². The minimum atomic E-state index is 0.104. The van der Waals surface area contributed by atoms with Crippen LogP contribution in [0.4, 0.5) is 0 Å². The first-order valence-corrected chi connectivity index (χ1v) is 8.18. The van der Waals surface area contributed by atoms with Gasteiger partial charge in [-0.2, -0.15) is 0 Å². The van der Waals surface area contributed by atoms with Gasteiger partial charge in [-0.25, -0.2) is 0 Å². The lowest BCUT2D eigenvalue weighted by atomic mass is 9.82. The van der Waals surface area contributed by atoms with Gasteiger partial charge in [0.05, 0.1) is 19.3 Å². The van der Waals surface area contributed by atoms with Crippen molar-refractivity contribution in [3.05, 3.63) is 34.9 Å². The fraction of sp³-hybridized carbons (Fsp3) is 0.625. The summed E-state index contributed by atoms with van der Waals surface area (Å²) < 4.78 is 5.53. The maximum Gasteiger partial charge on any atom is 0.0644 e. The molecule has 1 saturated heterocycles. The molecule has 2 aliphatic rings. The molecule has 1 aromatic rings. The summed E-state index contributed by atoms with van der Waals surface area (Å²) in [4.78, 5) is 2.59. The third kappa shape index (κ3) is 2.96. The van der Waals surface area contributed by atoms with Gasteiger partial charge in [0.25, 0.3) is 0 Å². The molecule has 0 amide bonds. The monoisotopic (exact) mass is 309 g/mol. The molecule has 1 heterocycles. The van der Waals surface area contributed by atoms with Crippen molar-refractivity contribution in [1.82, 2.24) is 10.3 Å². The standard InChI is InChI=1S/C16H24ClN3O/c17-14-5-3-13(4-6-14)15(19-18)16(7-1-2-8-16)20-9-11-21-12-10-20/h3-6,15,19H,1-2,7-12,18H2. The number of nitrogens with two attached hydrogens (primary N) is 1. The molecule has 21 heavy (non-hydrogen) atoms. The van der Waals surface area contributed by atoms with E-state index in [9.17, 15) is 0 Å². The second-order valence-electron chi connectivity index (χ2n) is 6.06. The molecular formula is C16H24ClN3O. The van der Waals surface area contributed by atoms with Crippen LogP contribution in [-0.2, 0) is 4.74 Å². The predicted octanol–water partition coefficient (Wildman–Crippen LogP) is 2.49. The average Bonchev–Trinajstić information content (AvgIpc) is 3.01.